The van der Waals surface area contributed by atoms with Crippen LogP contribution in [0.5, 0.6) is 0 Å². The maximum atomic E-state index is 12.4. The summed E-state index contributed by atoms with van der Waals surface area (Å²) in [7, 11) is -3.64. The summed E-state index contributed by atoms with van der Waals surface area (Å²) in [5, 5.41) is 0.664. The molecule has 0 unspecified atom stereocenters. The molecule has 0 fully saturated rings. The van der Waals surface area contributed by atoms with Crippen molar-refractivity contribution in [2.24, 2.45) is 0 Å². The van der Waals surface area contributed by atoms with Crippen molar-refractivity contribution in [1.82, 2.24) is 4.98 Å². The third-order valence-corrected chi connectivity index (χ3v) is 4.48. The molecule has 0 radical (unpaired) electrons. The summed E-state index contributed by atoms with van der Waals surface area (Å²) in [5.41, 5.74) is 7.40. The first-order chi connectivity index (χ1) is 10.1. The van der Waals surface area contributed by atoms with Gasteiger partial charge in [-0.2, -0.15) is 0 Å². The van der Waals surface area contributed by atoms with E-state index < -0.39 is 10.0 Å². The van der Waals surface area contributed by atoms with E-state index >= 15 is 0 Å². The van der Waals surface area contributed by atoms with Crippen LogP contribution < -0.4 is 10.5 Å². The SMILES string of the molecule is Nc1ccc(NS(=O)(=O)c2ccccc2)c2cccnc12. The van der Waals surface area contributed by atoms with Gasteiger partial charge in [0.25, 0.3) is 10.0 Å². The van der Waals surface area contributed by atoms with Gasteiger partial charge in [-0.15, -0.1) is 0 Å². The number of hydrogen-bond acceptors (Lipinski definition) is 4. The van der Waals surface area contributed by atoms with Crippen molar-refractivity contribution in [3.63, 3.8) is 0 Å². The minimum Gasteiger partial charge on any atom is -0.397 e. The van der Waals surface area contributed by atoms with E-state index in [1.54, 1.807) is 60.8 Å². The summed E-state index contributed by atoms with van der Waals surface area (Å²) in [6, 6.07) is 15.0. The molecule has 2 aromatic carbocycles. The molecule has 1 aromatic heterocycles. The van der Waals surface area contributed by atoms with E-state index in [1.165, 1.54) is 0 Å². The van der Waals surface area contributed by atoms with Gasteiger partial charge in [0.2, 0.25) is 0 Å². The van der Waals surface area contributed by atoms with Gasteiger partial charge in [0.1, 0.15) is 0 Å². The van der Waals surface area contributed by atoms with Crippen LogP contribution >= 0.6 is 0 Å². The maximum Gasteiger partial charge on any atom is 0.261 e. The average molecular weight is 299 g/mol. The Hall–Kier alpha value is -2.60. The molecule has 3 rings (SSSR count). The summed E-state index contributed by atoms with van der Waals surface area (Å²) >= 11 is 0. The third kappa shape index (κ3) is 2.53. The van der Waals surface area contributed by atoms with E-state index in [0.717, 1.165) is 0 Å². The van der Waals surface area contributed by atoms with Gasteiger partial charge >= 0.3 is 0 Å². The zero-order chi connectivity index (χ0) is 14.9. The maximum absolute atomic E-state index is 12.4. The summed E-state index contributed by atoms with van der Waals surface area (Å²) in [6.07, 6.45) is 1.62. The fraction of sp³-hybridized carbons (Fsp3) is 0. The van der Waals surface area contributed by atoms with Crippen molar-refractivity contribution in [3.05, 3.63) is 60.8 Å². The van der Waals surface area contributed by atoms with Crippen LogP contribution in [0.2, 0.25) is 0 Å². The predicted octanol–water partition coefficient (Wildman–Crippen LogP) is 2.62. The van der Waals surface area contributed by atoms with E-state index in [2.05, 4.69) is 9.71 Å². The Kier molecular flexibility index (Phi) is 3.23. The van der Waals surface area contributed by atoms with Crippen LogP contribution in [0, 0.1) is 0 Å². The van der Waals surface area contributed by atoms with Gasteiger partial charge in [-0.1, -0.05) is 18.2 Å². The van der Waals surface area contributed by atoms with Crippen LogP contribution in [0.15, 0.2) is 65.7 Å². The number of nitrogens with zero attached hydrogens (tertiary/aromatic N) is 1. The molecule has 6 heteroatoms. The highest BCUT2D eigenvalue weighted by Crippen LogP contribution is 2.28. The van der Waals surface area contributed by atoms with E-state index in [-0.39, 0.29) is 4.90 Å². The molecule has 5 nitrogen and oxygen atoms in total. The zero-order valence-electron chi connectivity index (χ0n) is 11.0. The van der Waals surface area contributed by atoms with Crippen molar-refractivity contribution in [2.45, 2.75) is 4.90 Å². The number of pyridine rings is 1. The lowest BCUT2D eigenvalue weighted by atomic mass is 10.1. The number of anilines is 2. The molecule has 0 amide bonds. The number of fused-ring (bicyclic) bond motifs is 1. The Labute approximate surface area is 122 Å². The zero-order valence-corrected chi connectivity index (χ0v) is 11.8. The van der Waals surface area contributed by atoms with Gasteiger partial charge in [0, 0.05) is 11.6 Å². The standard InChI is InChI=1S/C15H13N3O2S/c16-13-8-9-14(12-7-4-10-17-15(12)13)18-21(19,20)11-5-2-1-3-6-11/h1-10,18H,16H2. The van der Waals surface area contributed by atoms with Gasteiger partial charge in [0.15, 0.2) is 0 Å². The summed E-state index contributed by atoms with van der Waals surface area (Å²) in [6.45, 7) is 0. The Morgan fingerprint density at radius 1 is 0.952 bits per heavy atom. The second-order valence-corrected chi connectivity index (χ2v) is 6.20. The highest BCUT2D eigenvalue weighted by atomic mass is 32.2. The highest BCUT2D eigenvalue weighted by molar-refractivity contribution is 7.92. The van der Waals surface area contributed by atoms with Gasteiger partial charge in [-0.3, -0.25) is 9.71 Å². The molecule has 0 spiro atoms. The number of sulfonamides is 1. The Morgan fingerprint density at radius 2 is 1.71 bits per heavy atom. The molecular formula is C15H13N3O2S. The second-order valence-electron chi connectivity index (χ2n) is 4.52. The number of nitrogen functional groups attached to an aromatic ring is 1. The molecular weight excluding hydrogens is 286 g/mol. The van der Waals surface area contributed by atoms with Crippen LogP contribution in [0.4, 0.5) is 11.4 Å². The Balaban J connectivity index is 2.09. The van der Waals surface area contributed by atoms with Gasteiger partial charge < -0.3 is 5.73 Å². The molecule has 3 aromatic rings. The molecule has 1 heterocycles. The van der Waals surface area contributed by atoms with Gasteiger partial charge in [-0.05, 0) is 36.4 Å². The first-order valence-corrected chi connectivity index (χ1v) is 7.77. The Morgan fingerprint density at radius 3 is 2.48 bits per heavy atom. The van der Waals surface area contributed by atoms with Crippen LogP contribution in [0.3, 0.4) is 0 Å². The monoisotopic (exact) mass is 299 g/mol. The average Bonchev–Trinajstić information content (AvgIpc) is 2.51. The van der Waals surface area contributed by atoms with Crippen molar-refractivity contribution in [1.29, 1.82) is 0 Å². The van der Waals surface area contributed by atoms with Gasteiger partial charge in [-0.25, -0.2) is 8.42 Å². The predicted molar refractivity (Wildman–Crippen MR) is 83.4 cm³/mol. The lowest BCUT2D eigenvalue weighted by Crippen LogP contribution is -2.13. The van der Waals surface area contributed by atoms with E-state index in [0.29, 0.717) is 22.3 Å². The number of aromatic nitrogens is 1. The lowest BCUT2D eigenvalue weighted by molar-refractivity contribution is 0.601. The minimum absolute atomic E-state index is 0.207. The first kappa shape index (κ1) is 13.4. The van der Waals surface area contributed by atoms with Gasteiger partial charge in [0.05, 0.1) is 21.8 Å². The minimum atomic E-state index is -3.64. The van der Waals surface area contributed by atoms with Crippen molar-refractivity contribution in [3.8, 4) is 0 Å². The molecule has 106 valence electrons. The number of hydrogen-bond donors (Lipinski definition) is 2. The molecule has 0 saturated carbocycles. The fourth-order valence-electron chi connectivity index (χ4n) is 2.09. The Bertz CT molecular complexity index is 893. The van der Waals surface area contributed by atoms with E-state index in [4.69, 9.17) is 5.73 Å². The molecule has 3 N–H and O–H groups in total. The van der Waals surface area contributed by atoms with Crippen LogP contribution in [-0.2, 0) is 10.0 Å². The van der Waals surface area contributed by atoms with E-state index in [9.17, 15) is 8.42 Å². The van der Waals surface area contributed by atoms with Crippen molar-refractivity contribution >= 4 is 32.3 Å². The topological polar surface area (TPSA) is 85.1 Å². The first-order valence-electron chi connectivity index (χ1n) is 6.29. The second kappa shape index (κ2) is 5.06. The number of benzene rings is 2. The quantitative estimate of drug-likeness (QED) is 0.728. The molecule has 0 aliphatic heterocycles. The summed E-state index contributed by atoms with van der Waals surface area (Å²) in [5.74, 6) is 0. The summed E-state index contributed by atoms with van der Waals surface area (Å²) < 4.78 is 27.3. The molecule has 0 atom stereocenters. The van der Waals surface area contributed by atoms with E-state index in [1.807, 2.05) is 0 Å². The number of nitrogens with one attached hydrogen (secondary N) is 1. The summed E-state index contributed by atoms with van der Waals surface area (Å²) in [4.78, 5) is 4.39. The van der Waals surface area contributed by atoms with Crippen LogP contribution in [-0.4, -0.2) is 13.4 Å². The van der Waals surface area contributed by atoms with Crippen molar-refractivity contribution in [2.75, 3.05) is 10.5 Å². The highest BCUT2D eigenvalue weighted by Gasteiger charge is 2.15. The molecule has 0 bridgehead atoms. The number of rotatable bonds is 3. The normalized spacial score (nSPS) is 11.4. The lowest BCUT2D eigenvalue weighted by Gasteiger charge is -2.11. The van der Waals surface area contributed by atoms with Crippen molar-refractivity contribution < 1.29 is 8.42 Å². The van der Waals surface area contributed by atoms with Crippen LogP contribution in [0.1, 0.15) is 0 Å². The molecule has 0 aliphatic carbocycles. The molecule has 0 saturated heterocycles. The molecule has 0 aliphatic rings. The largest absolute Gasteiger partial charge is 0.397 e. The molecule has 21 heavy (non-hydrogen) atoms. The number of nitrogens with two attached hydrogens (primary N) is 1. The smallest absolute Gasteiger partial charge is 0.261 e. The fourth-order valence-corrected chi connectivity index (χ4v) is 3.19. The van der Waals surface area contributed by atoms with Crippen LogP contribution in [0.25, 0.3) is 10.9 Å². The third-order valence-electron chi connectivity index (χ3n) is 3.10.